The number of carbonyl (C=O) groups excluding carboxylic acids is 1. The number of nitrogens with zero attached hydrogens (tertiary/aromatic N) is 2. The van der Waals surface area contributed by atoms with Crippen molar-refractivity contribution in [3.63, 3.8) is 0 Å². The third-order valence-corrected chi connectivity index (χ3v) is 4.77. The zero-order valence-corrected chi connectivity index (χ0v) is 15.8. The quantitative estimate of drug-likeness (QED) is 0.375. The van der Waals surface area contributed by atoms with Gasteiger partial charge in [0.1, 0.15) is 11.6 Å². The Kier molecular flexibility index (Phi) is 5.42. The van der Waals surface area contributed by atoms with Gasteiger partial charge in [0, 0.05) is 28.7 Å². The summed E-state index contributed by atoms with van der Waals surface area (Å²) in [5.74, 6) is -0.588. The second-order valence-corrected chi connectivity index (χ2v) is 6.42. The second-order valence-electron chi connectivity index (χ2n) is 6.42. The third kappa shape index (κ3) is 3.63. The summed E-state index contributed by atoms with van der Waals surface area (Å²) in [4.78, 5) is 12.0. The molecule has 2 aromatic carbocycles. The molecule has 0 N–H and O–H groups in total. The van der Waals surface area contributed by atoms with Crippen molar-refractivity contribution in [2.75, 3.05) is 6.61 Å². The predicted octanol–water partition coefficient (Wildman–Crippen LogP) is 4.78. The predicted molar refractivity (Wildman–Crippen MR) is 107 cm³/mol. The molecule has 3 rings (SSSR count). The maximum Gasteiger partial charge on any atom is 0.348 e. The van der Waals surface area contributed by atoms with Crippen molar-refractivity contribution in [3.05, 3.63) is 76.5 Å². The van der Waals surface area contributed by atoms with Crippen LogP contribution in [0.15, 0.2) is 54.1 Å². The molecular weight excluding hydrogens is 336 g/mol. The minimum atomic E-state index is -0.588. The molecule has 0 amide bonds. The highest BCUT2D eigenvalue weighted by molar-refractivity contribution is 6.01. The molecule has 1 heterocycles. The number of esters is 1. The Hall–Kier alpha value is -3.32. The largest absolute Gasteiger partial charge is 0.462 e. The highest BCUT2D eigenvalue weighted by Crippen LogP contribution is 2.29. The number of hydrogen-bond acceptors (Lipinski definition) is 3. The highest BCUT2D eigenvalue weighted by atomic mass is 16.5. The van der Waals surface area contributed by atoms with Gasteiger partial charge in [0.25, 0.3) is 0 Å². The molecule has 3 aromatic rings. The molecule has 0 saturated carbocycles. The van der Waals surface area contributed by atoms with Crippen LogP contribution in [0.2, 0.25) is 0 Å². The molecule has 0 radical (unpaired) electrons. The molecule has 0 spiro atoms. The van der Waals surface area contributed by atoms with Gasteiger partial charge in [0.05, 0.1) is 6.61 Å². The van der Waals surface area contributed by atoms with Crippen LogP contribution in [0.25, 0.3) is 17.0 Å². The molecule has 0 bridgehead atoms. The van der Waals surface area contributed by atoms with Gasteiger partial charge in [-0.1, -0.05) is 42.5 Å². The first-order valence-electron chi connectivity index (χ1n) is 8.98. The summed E-state index contributed by atoms with van der Waals surface area (Å²) in [5, 5.41) is 10.4. The molecule has 0 aliphatic heterocycles. The van der Waals surface area contributed by atoms with Crippen LogP contribution >= 0.6 is 0 Å². The second kappa shape index (κ2) is 7.92. The summed E-state index contributed by atoms with van der Waals surface area (Å²) in [6.07, 6.45) is 1.64. The molecule has 136 valence electrons. The Bertz CT molecular complexity index is 1070. The molecule has 0 unspecified atom stereocenters. The Morgan fingerprint density at radius 3 is 2.56 bits per heavy atom. The van der Waals surface area contributed by atoms with E-state index in [0.29, 0.717) is 0 Å². The van der Waals surface area contributed by atoms with Crippen molar-refractivity contribution in [1.29, 1.82) is 5.26 Å². The SMILES string of the molecule is CCOC(=O)/C(C#N)=C/c1c(C)n(Cc2ccccc2C)c2ccccc12. The van der Waals surface area contributed by atoms with E-state index in [1.54, 1.807) is 13.0 Å². The fourth-order valence-electron chi connectivity index (χ4n) is 3.29. The van der Waals surface area contributed by atoms with Gasteiger partial charge in [-0.3, -0.25) is 0 Å². The van der Waals surface area contributed by atoms with E-state index in [0.717, 1.165) is 28.7 Å². The van der Waals surface area contributed by atoms with Crippen LogP contribution in [0.5, 0.6) is 0 Å². The van der Waals surface area contributed by atoms with Crippen LogP contribution < -0.4 is 0 Å². The number of aromatic nitrogens is 1. The molecule has 4 nitrogen and oxygen atoms in total. The molecule has 4 heteroatoms. The first kappa shape index (κ1) is 18.5. The van der Waals surface area contributed by atoms with E-state index >= 15 is 0 Å². The maximum atomic E-state index is 12.0. The van der Waals surface area contributed by atoms with E-state index in [-0.39, 0.29) is 12.2 Å². The summed E-state index contributed by atoms with van der Waals surface area (Å²) >= 11 is 0. The lowest BCUT2D eigenvalue weighted by atomic mass is 10.1. The van der Waals surface area contributed by atoms with Crippen LogP contribution in [0.3, 0.4) is 0 Å². The number of ether oxygens (including phenoxy) is 1. The Labute approximate surface area is 159 Å². The summed E-state index contributed by atoms with van der Waals surface area (Å²) in [5.41, 5.74) is 5.45. The first-order valence-corrected chi connectivity index (χ1v) is 8.98. The van der Waals surface area contributed by atoms with Crippen molar-refractivity contribution < 1.29 is 9.53 Å². The highest BCUT2D eigenvalue weighted by Gasteiger charge is 2.16. The first-order chi connectivity index (χ1) is 13.1. The van der Waals surface area contributed by atoms with Crippen molar-refractivity contribution in [2.45, 2.75) is 27.3 Å². The number of benzene rings is 2. The Balaban J connectivity index is 2.15. The summed E-state index contributed by atoms with van der Waals surface area (Å²) in [6, 6.07) is 18.3. The number of para-hydroxylation sites is 1. The lowest BCUT2D eigenvalue weighted by Crippen LogP contribution is -2.06. The molecule has 27 heavy (non-hydrogen) atoms. The van der Waals surface area contributed by atoms with Crippen LogP contribution in [-0.4, -0.2) is 17.1 Å². The zero-order chi connectivity index (χ0) is 19.4. The number of aryl methyl sites for hydroxylation is 1. The fourth-order valence-corrected chi connectivity index (χ4v) is 3.29. The summed E-state index contributed by atoms with van der Waals surface area (Å²) in [7, 11) is 0. The molecule has 0 saturated heterocycles. The molecule has 0 atom stereocenters. The van der Waals surface area contributed by atoms with Gasteiger partial charge in [-0.05, 0) is 44.0 Å². The average molecular weight is 358 g/mol. The normalized spacial score (nSPS) is 11.4. The van der Waals surface area contributed by atoms with Gasteiger partial charge in [-0.25, -0.2) is 4.79 Å². The van der Waals surface area contributed by atoms with Crippen molar-refractivity contribution in [3.8, 4) is 6.07 Å². The molecule has 1 aromatic heterocycles. The fraction of sp³-hybridized carbons (Fsp3) is 0.217. The maximum absolute atomic E-state index is 12.0. The minimum absolute atomic E-state index is 0.0127. The van der Waals surface area contributed by atoms with Crippen LogP contribution in [0.4, 0.5) is 0 Å². The summed E-state index contributed by atoms with van der Waals surface area (Å²) in [6.45, 7) is 6.82. The van der Waals surface area contributed by atoms with Crippen molar-refractivity contribution >= 4 is 22.9 Å². The lowest BCUT2D eigenvalue weighted by Gasteiger charge is -2.11. The molecular formula is C23H22N2O2. The number of carbonyl (C=O) groups is 1. The molecule has 0 aliphatic rings. The van der Waals surface area contributed by atoms with E-state index in [1.807, 2.05) is 43.3 Å². The van der Waals surface area contributed by atoms with Crippen LogP contribution in [-0.2, 0) is 16.1 Å². The average Bonchev–Trinajstić information content (AvgIpc) is 2.93. The summed E-state index contributed by atoms with van der Waals surface area (Å²) < 4.78 is 7.23. The van der Waals surface area contributed by atoms with E-state index in [1.165, 1.54) is 11.1 Å². The lowest BCUT2D eigenvalue weighted by molar-refractivity contribution is -0.137. The monoisotopic (exact) mass is 358 g/mol. The van der Waals surface area contributed by atoms with E-state index in [4.69, 9.17) is 4.74 Å². The molecule has 0 fully saturated rings. The van der Waals surface area contributed by atoms with Gasteiger partial charge in [-0.2, -0.15) is 5.26 Å². The van der Waals surface area contributed by atoms with Gasteiger partial charge in [0.15, 0.2) is 0 Å². The van der Waals surface area contributed by atoms with Gasteiger partial charge < -0.3 is 9.30 Å². The van der Waals surface area contributed by atoms with E-state index < -0.39 is 5.97 Å². The van der Waals surface area contributed by atoms with Crippen molar-refractivity contribution in [1.82, 2.24) is 4.57 Å². The standard InChI is InChI=1S/C23H22N2O2/c1-4-27-23(26)19(14-24)13-21-17(3)25(22-12-8-7-11-20(21)22)15-18-10-6-5-9-16(18)2/h5-13H,4,15H2,1-3H3/b19-13+. The minimum Gasteiger partial charge on any atom is -0.462 e. The van der Waals surface area contributed by atoms with E-state index in [9.17, 15) is 10.1 Å². The van der Waals surface area contributed by atoms with Crippen molar-refractivity contribution in [2.24, 2.45) is 0 Å². The number of hydrogen-bond donors (Lipinski definition) is 0. The Morgan fingerprint density at radius 2 is 1.85 bits per heavy atom. The number of nitriles is 1. The zero-order valence-electron chi connectivity index (χ0n) is 15.8. The Morgan fingerprint density at radius 1 is 1.15 bits per heavy atom. The third-order valence-electron chi connectivity index (χ3n) is 4.77. The van der Waals surface area contributed by atoms with Crippen LogP contribution in [0.1, 0.15) is 29.3 Å². The number of rotatable bonds is 5. The van der Waals surface area contributed by atoms with Gasteiger partial charge >= 0.3 is 5.97 Å². The van der Waals surface area contributed by atoms with Gasteiger partial charge in [0.2, 0.25) is 0 Å². The van der Waals surface area contributed by atoms with Gasteiger partial charge in [-0.15, -0.1) is 0 Å². The van der Waals surface area contributed by atoms with E-state index in [2.05, 4.69) is 29.7 Å². The van der Waals surface area contributed by atoms with Crippen LogP contribution in [0, 0.1) is 25.2 Å². The number of fused-ring (bicyclic) bond motifs is 1. The molecule has 0 aliphatic carbocycles. The topological polar surface area (TPSA) is 55.0 Å². The smallest absolute Gasteiger partial charge is 0.348 e.